The van der Waals surface area contributed by atoms with Crippen LogP contribution in [0.3, 0.4) is 0 Å². The second-order valence-corrected chi connectivity index (χ2v) is 6.00. The lowest BCUT2D eigenvalue weighted by atomic mass is 10.0. The highest BCUT2D eigenvalue weighted by molar-refractivity contribution is 5.88. The van der Waals surface area contributed by atoms with Crippen LogP contribution in [0.15, 0.2) is 6.33 Å². The number of aromatic nitrogens is 3. The van der Waals surface area contributed by atoms with Crippen LogP contribution >= 0.6 is 0 Å². The van der Waals surface area contributed by atoms with Crippen LogP contribution in [0.25, 0.3) is 0 Å². The molecule has 0 saturated carbocycles. The van der Waals surface area contributed by atoms with Crippen LogP contribution in [-0.4, -0.2) is 67.8 Å². The van der Waals surface area contributed by atoms with Gasteiger partial charge in [0.05, 0.1) is 0 Å². The summed E-state index contributed by atoms with van der Waals surface area (Å²) in [6.07, 6.45) is -2.88. The van der Waals surface area contributed by atoms with E-state index in [1.165, 1.54) is 0 Å². The number of carbonyl (C=O) groups is 2. The van der Waals surface area contributed by atoms with Gasteiger partial charge >= 0.3 is 5.97 Å². The van der Waals surface area contributed by atoms with Crippen LogP contribution in [0.1, 0.15) is 37.1 Å². The predicted octanol–water partition coefficient (Wildman–Crippen LogP) is -2.09. The molecule has 1 saturated heterocycles. The van der Waals surface area contributed by atoms with Gasteiger partial charge in [0, 0.05) is 0 Å². The van der Waals surface area contributed by atoms with Gasteiger partial charge in [-0.3, -0.25) is 9.59 Å². The van der Waals surface area contributed by atoms with Gasteiger partial charge in [-0.25, -0.2) is 9.67 Å². The molecule has 6 N–H and O–H groups in total. The Morgan fingerprint density at radius 3 is 2.68 bits per heavy atom. The summed E-state index contributed by atoms with van der Waals surface area (Å²) in [5, 5.41) is 23.9. The third-order valence-electron chi connectivity index (χ3n) is 4.25. The van der Waals surface area contributed by atoms with E-state index in [2.05, 4.69) is 10.1 Å². The number of primary amides is 1. The molecule has 0 radical (unpaired) electrons. The number of amides is 1. The van der Waals surface area contributed by atoms with E-state index in [0.29, 0.717) is 6.42 Å². The molecule has 1 amide bonds. The van der Waals surface area contributed by atoms with E-state index in [9.17, 15) is 19.8 Å². The molecular formula is C14H23N5O6. The molecule has 1 aromatic heterocycles. The van der Waals surface area contributed by atoms with Crippen LogP contribution in [0, 0.1) is 5.92 Å². The molecule has 0 aliphatic carbocycles. The molecule has 6 atom stereocenters. The van der Waals surface area contributed by atoms with E-state index in [1.807, 2.05) is 13.8 Å². The average Bonchev–Trinajstić information content (AvgIpc) is 3.18. The second kappa shape index (κ2) is 7.87. The minimum Gasteiger partial charge on any atom is -0.462 e. The van der Waals surface area contributed by atoms with Gasteiger partial charge in [0.2, 0.25) is 5.82 Å². The molecule has 1 aliphatic heterocycles. The Morgan fingerprint density at radius 1 is 1.44 bits per heavy atom. The van der Waals surface area contributed by atoms with Crippen molar-refractivity contribution in [3.05, 3.63) is 12.2 Å². The topological polar surface area (TPSA) is 176 Å². The Kier molecular flexibility index (Phi) is 6.06. The third-order valence-corrected chi connectivity index (χ3v) is 4.25. The van der Waals surface area contributed by atoms with Crippen LogP contribution < -0.4 is 11.5 Å². The monoisotopic (exact) mass is 357 g/mol. The van der Waals surface area contributed by atoms with E-state index in [1.54, 1.807) is 0 Å². The Labute approximate surface area is 143 Å². The lowest BCUT2D eigenvalue weighted by Gasteiger charge is -2.19. The lowest BCUT2D eigenvalue weighted by Crippen LogP contribution is -2.40. The largest absolute Gasteiger partial charge is 0.462 e. The smallest absolute Gasteiger partial charge is 0.323 e. The maximum Gasteiger partial charge on any atom is 0.323 e. The van der Waals surface area contributed by atoms with Crippen molar-refractivity contribution in [1.29, 1.82) is 0 Å². The highest BCUT2D eigenvalue weighted by Gasteiger charge is 2.45. The summed E-state index contributed by atoms with van der Waals surface area (Å²) in [6, 6.07) is -0.780. The zero-order chi connectivity index (χ0) is 18.7. The summed E-state index contributed by atoms with van der Waals surface area (Å²) >= 11 is 0. The molecule has 1 aliphatic rings. The number of esters is 1. The number of aliphatic hydroxyl groups is 2. The number of ether oxygens (including phenoxy) is 2. The summed E-state index contributed by atoms with van der Waals surface area (Å²) in [4.78, 5) is 26.6. The normalized spacial score (nSPS) is 28.5. The summed E-state index contributed by atoms with van der Waals surface area (Å²) in [6.45, 7) is 3.45. The fraction of sp³-hybridized carbons (Fsp3) is 0.714. The molecule has 1 unspecified atom stereocenters. The van der Waals surface area contributed by atoms with Gasteiger partial charge in [-0.2, -0.15) is 0 Å². The number of nitrogens with two attached hydrogens (primary N) is 2. The first kappa shape index (κ1) is 19.2. The third kappa shape index (κ3) is 4.12. The van der Waals surface area contributed by atoms with Crippen molar-refractivity contribution in [2.75, 3.05) is 6.61 Å². The van der Waals surface area contributed by atoms with Crippen molar-refractivity contribution in [1.82, 2.24) is 14.8 Å². The zero-order valence-electron chi connectivity index (χ0n) is 14.0. The average molecular weight is 357 g/mol. The van der Waals surface area contributed by atoms with Crippen LogP contribution in [-0.2, 0) is 14.3 Å². The van der Waals surface area contributed by atoms with Gasteiger partial charge in [0.1, 0.15) is 37.3 Å². The first-order valence-corrected chi connectivity index (χ1v) is 7.91. The molecule has 2 rings (SSSR count). The lowest BCUT2D eigenvalue weighted by molar-refractivity contribution is -0.153. The molecule has 2 heterocycles. The van der Waals surface area contributed by atoms with Crippen molar-refractivity contribution in [3.63, 3.8) is 0 Å². The number of rotatable bonds is 7. The Bertz CT molecular complexity index is 623. The van der Waals surface area contributed by atoms with E-state index < -0.39 is 42.5 Å². The van der Waals surface area contributed by atoms with Crippen LogP contribution in [0.5, 0.6) is 0 Å². The maximum absolute atomic E-state index is 11.9. The number of nitrogens with zero attached hydrogens (tertiary/aromatic N) is 3. The number of hydrogen-bond acceptors (Lipinski definition) is 9. The predicted molar refractivity (Wildman–Crippen MR) is 82.9 cm³/mol. The van der Waals surface area contributed by atoms with E-state index in [4.69, 9.17) is 20.9 Å². The molecule has 0 aromatic carbocycles. The van der Waals surface area contributed by atoms with Gasteiger partial charge < -0.3 is 31.2 Å². The molecular weight excluding hydrogens is 334 g/mol. The number of hydrogen-bond donors (Lipinski definition) is 4. The molecule has 1 aromatic rings. The van der Waals surface area contributed by atoms with Gasteiger partial charge in [-0.05, 0) is 5.92 Å². The number of carbonyl (C=O) groups excluding carboxylic acids is 2. The molecule has 1 fully saturated rings. The molecule has 0 spiro atoms. The van der Waals surface area contributed by atoms with Gasteiger partial charge in [-0.15, -0.1) is 5.10 Å². The maximum atomic E-state index is 11.9. The first-order chi connectivity index (χ1) is 11.8. The molecule has 0 bridgehead atoms. The standard InChI is InChI=1S/C14H23N5O6/c1-3-6(2)8(15)14(23)24-4-7-9(20)10(21)13(25-7)19-5-17-12(18-19)11(16)22/h5-10,13,20-21H,3-4,15H2,1-2H3,(H2,16,22)/t6-,7+,8-,9?,10+,13+/m0/s1. The van der Waals surface area contributed by atoms with Gasteiger partial charge in [-0.1, -0.05) is 20.3 Å². The minimum absolute atomic E-state index is 0.0531. The first-order valence-electron chi connectivity index (χ1n) is 7.91. The number of aliphatic hydroxyl groups excluding tert-OH is 2. The molecule has 11 heteroatoms. The summed E-state index contributed by atoms with van der Waals surface area (Å²) in [5.74, 6) is -1.75. The molecule has 11 nitrogen and oxygen atoms in total. The molecule has 140 valence electrons. The van der Waals surface area contributed by atoms with Crippen LogP contribution in [0.4, 0.5) is 0 Å². The Balaban J connectivity index is 1.97. The summed E-state index contributed by atoms with van der Waals surface area (Å²) in [7, 11) is 0. The highest BCUT2D eigenvalue weighted by Crippen LogP contribution is 2.29. The minimum atomic E-state index is -1.35. The van der Waals surface area contributed by atoms with Crippen molar-refractivity contribution in [2.45, 2.75) is 50.8 Å². The van der Waals surface area contributed by atoms with E-state index in [0.717, 1.165) is 11.0 Å². The van der Waals surface area contributed by atoms with Crippen molar-refractivity contribution in [2.24, 2.45) is 17.4 Å². The summed E-state index contributed by atoms with van der Waals surface area (Å²) in [5.41, 5.74) is 10.8. The Hall–Kier alpha value is -2.08. The van der Waals surface area contributed by atoms with Crippen molar-refractivity contribution in [3.8, 4) is 0 Å². The molecule has 25 heavy (non-hydrogen) atoms. The SMILES string of the molecule is CC[C@H](C)[C@H](N)C(=O)OC[C@H]1O[C@@H](n2cnc(C(N)=O)n2)[C@H](O)C1O. The zero-order valence-corrected chi connectivity index (χ0v) is 14.0. The van der Waals surface area contributed by atoms with Crippen molar-refractivity contribution >= 4 is 11.9 Å². The Morgan fingerprint density at radius 2 is 2.12 bits per heavy atom. The fourth-order valence-corrected chi connectivity index (χ4v) is 2.34. The second-order valence-electron chi connectivity index (χ2n) is 6.00. The van der Waals surface area contributed by atoms with Gasteiger partial charge in [0.25, 0.3) is 5.91 Å². The van der Waals surface area contributed by atoms with E-state index >= 15 is 0 Å². The highest BCUT2D eigenvalue weighted by atomic mass is 16.6. The van der Waals surface area contributed by atoms with Crippen molar-refractivity contribution < 1.29 is 29.3 Å². The van der Waals surface area contributed by atoms with Crippen LogP contribution in [0.2, 0.25) is 0 Å². The van der Waals surface area contributed by atoms with E-state index in [-0.39, 0.29) is 18.3 Å². The van der Waals surface area contributed by atoms with Gasteiger partial charge in [0.15, 0.2) is 6.23 Å². The summed E-state index contributed by atoms with van der Waals surface area (Å²) < 4.78 is 11.6. The quantitative estimate of drug-likeness (QED) is 0.399. The fourth-order valence-electron chi connectivity index (χ4n) is 2.34.